The van der Waals surface area contributed by atoms with Gasteiger partial charge >= 0.3 is 0 Å². The molecule has 0 spiro atoms. The summed E-state index contributed by atoms with van der Waals surface area (Å²) in [5.74, 6) is 0.551. The van der Waals surface area contributed by atoms with Crippen LogP contribution in [0.4, 0.5) is 5.69 Å². The summed E-state index contributed by atoms with van der Waals surface area (Å²) in [6.45, 7) is 0. The minimum absolute atomic E-state index is 0.0388. The molecule has 6 nitrogen and oxygen atoms in total. The molecule has 2 aliphatic carbocycles. The van der Waals surface area contributed by atoms with Crippen LogP contribution in [0.1, 0.15) is 53.3 Å². The number of nitrogens with zero attached hydrogens (tertiary/aromatic N) is 3. The highest BCUT2D eigenvalue weighted by Gasteiger charge is 2.35. The van der Waals surface area contributed by atoms with Crippen molar-refractivity contribution < 1.29 is 9.72 Å². The maximum Gasteiger partial charge on any atom is 0.271 e. The van der Waals surface area contributed by atoms with Gasteiger partial charge in [0.1, 0.15) is 0 Å². The van der Waals surface area contributed by atoms with Crippen LogP contribution in [-0.2, 0) is 6.42 Å². The zero-order valence-electron chi connectivity index (χ0n) is 12.0. The normalized spacial score (nSPS) is 17.4. The third-order valence-corrected chi connectivity index (χ3v) is 4.35. The second-order valence-electron chi connectivity index (χ2n) is 5.95. The van der Waals surface area contributed by atoms with Gasteiger partial charge in [0.15, 0.2) is 5.78 Å². The van der Waals surface area contributed by atoms with Gasteiger partial charge in [0, 0.05) is 24.5 Å². The van der Waals surface area contributed by atoms with E-state index in [9.17, 15) is 14.9 Å². The second-order valence-corrected chi connectivity index (χ2v) is 5.95. The molecule has 1 fully saturated rings. The van der Waals surface area contributed by atoms with E-state index in [1.54, 1.807) is 16.8 Å². The first kappa shape index (κ1) is 13.2. The number of benzene rings is 1. The number of Topliss-reactive ketones (excluding diaryl/α,β-unsaturated/α-hetero) is 1. The first-order chi connectivity index (χ1) is 10.6. The molecule has 2 aromatic rings. The quantitative estimate of drug-likeness (QED) is 0.644. The molecule has 0 saturated heterocycles. The minimum Gasteiger partial charge on any atom is -0.294 e. The van der Waals surface area contributed by atoms with Gasteiger partial charge in [0.05, 0.1) is 27.6 Å². The molecule has 1 heterocycles. The number of ketones is 1. The molecule has 22 heavy (non-hydrogen) atoms. The van der Waals surface area contributed by atoms with Crippen molar-refractivity contribution in [2.24, 2.45) is 0 Å². The van der Waals surface area contributed by atoms with Gasteiger partial charge in [0.25, 0.3) is 5.69 Å². The summed E-state index contributed by atoms with van der Waals surface area (Å²) in [6, 6.07) is 6.44. The smallest absolute Gasteiger partial charge is 0.271 e. The van der Waals surface area contributed by atoms with Crippen LogP contribution >= 0.6 is 0 Å². The Balaban J connectivity index is 1.88. The summed E-state index contributed by atoms with van der Waals surface area (Å²) in [4.78, 5) is 22.9. The lowest BCUT2D eigenvalue weighted by atomic mass is 9.93. The average Bonchev–Trinajstić information content (AvgIpc) is 3.28. The fourth-order valence-corrected chi connectivity index (χ4v) is 3.14. The van der Waals surface area contributed by atoms with E-state index in [1.165, 1.54) is 12.1 Å². The Morgan fingerprint density at radius 3 is 2.82 bits per heavy atom. The molecule has 6 heteroatoms. The third-order valence-electron chi connectivity index (χ3n) is 4.35. The molecular weight excluding hydrogens is 282 g/mol. The van der Waals surface area contributed by atoms with E-state index in [4.69, 9.17) is 0 Å². The number of rotatable bonds is 3. The first-order valence-electron chi connectivity index (χ1n) is 7.55. The molecule has 112 valence electrons. The van der Waals surface area contributed by atoms with E-state index < -0.39 is 4.92 Å². The maximum absolute atomic E-state index is 12.3. The summed E-state index contributed by atoms with van der Waals surface area (Å²) in [5.41, 5.74) is 3.29. The van der Waals surface area contributed by atoms with Gasteiger partial charge in [-0.1, -0.05) is 6.07 Å². The van der Waals surface area contributed by atoms with Crippen molar-refractivity contribution in [3.63, 3.8) is 0 Å². The van der Waals surface area contributed by atoms with Crippen LogP contribution in [-0.4, -0.2) is 20.5 Å². The molecule has 2 aliphatic rings. The van der Waals surface area contributed by atoms with Crippen molar-refractivity contribution >= 4 is 11.5 Å². The number of nitro benzene ring substituents is 1. The number of aromatic nitrogens is 2. The topological polar surface area (TPSA) is 78.0 Å². The molecule has 0 unspecified atom stereocenters. The third kappa shape index (κ3) is 2.03. The number of fused-ring (bicyclic) bond motifs is 1. The minimum atomic E-state index is -0.410. The van der Waals surface area contributed by atoms with Crippen molar-refractivity contribution in [3.8, 4) is 5.69 Å². The van der Waals surface area contributed by atoms with Crippen LogP contribution < -0.4 is 0 Å². The predicted octanol–water partition coefficient (Wildman–Crippen LogP) is 3.18. The van der Waals surface area contributed by atoms with Gasteiger partial charge in [-0.25, -0.2) is 4.68 Å². The Bertz CT molecular complexity index is 790. The van der Waals surface area contributed by atoms with Crippen molar-refractivity contribution in [1.82, 2.24) is 9.78 Å². The van der Waals surface area contributed by atoms with Crippen LogP contribution in [0.25, 0.3) is 5.69 Å². The van der Waals surface area contributed by atoms with Crippen molar-refractivity contribution in [2.45, 2.75) is 38.0 Å². The lowest BCUT2D eigenvalue weighted by molar-refractivity contribution is -0.384. The number of hydrogen-bond donors (Lipinski definition) is 0. The van der Waals surface area contributed by atoms with Crippen LogP contribution in [0, 0.1) is 10.1 Å². The Morgan fingerprint density at radius 2 is 2.09 bits per heavy atom. The number of nitro groups is 1. The van der Waals surface area contributed by atoms with E-state index in [0.29, 0.717) is 18.0 Å². The van der Waals surface area contributed by atoms with Gasteiger partial charge in [0.2, 0.25) is 0 Å². The van der Waals surface area contributed by atoms with Crippen LogP contribution in [0.2, 0.25) is 0 Å². The standard InChI is InChI=1S/C16H15N3O3/c20-14-6-2-5-13-15(14)16(10-7-8-10)17-18(13)11-3-1-4-12(9-11)19(21)22/h1,3-4,9-10H,2,5-8H2. The van der Waals surface area contributed by atoms with Crippen LogP contribution in [0.15, 0.2) is 24.3 Å². The average molecular weight is 297 g/mol. The van der Waals surface area contributed by atoms with Crippen molar-refractivity contribution in [3.05, 3.63) is 51.3 Å². The lowest BCUT2D eigenvalue weighted by Gasteiger charge is -2.13. The Labute approximate surface area is 126 Å². The summed E-state index contributed by atoms with van der Waals surface area (Å²) >= 11 is 0. The Hall–Kier alpha value is -2.50. The van der Waals surface area contributed by atoms with Gasteiger partial charge in [-0.2, -0.15) is 5.10 Å². The van der Waals surface area contributed by atoms with Crippen molar-refractivity contribution in [2.75, 3.05) is 0 Å². The Morgan fingerprint density at radius 1 is 1.27 bits per heavy atom. The molecule has 4 rings (SSSR count). The molecule has 0 bridgehead atoms. The predicted molar refractivity (Wildman–Crippen MR) is 79.5 cm³/mol. The SMILES string of the molecule is O=C1CCCc2c1c(C1CC1)nn2-c1cccc([N+](=O)[O-])c1. The molecule has 0 amide bonds. The van der Waals surface area contributed by atoms with E-state index in [0.717, 1.165) is 42.6 Å². The molecule has 0 N–H and O–H groups in total. The lowest BCUT2D eigenvalue weighted by Crippen LogP contribution is -2.13. The molecule has 0 radical (unpaired) electrons. The van der Waals surface area contributed by atoms with E-state index in [2.05, 4.69) is 5.10 Å². The van der Waals surface area contributed by atoms with Gasteiger partial charge < -0.3 is 0 Å². The fraction of sp³-hybridized carbons (Fsp3) is 0.375. The molecule has 1 saturated carbocycles. The largest absolute Gasteiger partial charge is 0.294 e. The van der Waals surface area contributed by atoms with Gasteiger partial charge in [-0.15, -0.1) is 0 Å². The first-order valence-corrected chi connectivity index (χ1v) is 7.55. The van der Waals surface area contributed by atoms with E-state index >= 15 is 0 Å². The van der Waals surface area contributed by atoms with Gasteiger partial charge in [-0.3, -0.25) is 14.9 Å². The number of non-ortho nitro benzene ring substituents is 1. The molecule has 0 atom stereocenters. The Kier molecular flexibility index (Phi) is 2.85. The van der Waals surface area contributed by atoms with Gasteiger partial charge in [-0.05, 0) is 31.7 Å². The fourth-order valence-electron chi connectivity index (χ4n) is 3.14. The number of carbonyl (C=O) groups excluding carboxylic acids is 1. The van der Waals surface area contributed by atoms with Crippen LogP contribution in [0.5, 0.6) is 0 Å². The number of hydrogen-bond acceptors (Lipinski definition) is 4. The molecule has 1 aromatic carbocycles. The highest BCUT2D eigenvalue weighted by atomic mass is 16.6. The summed E-state index contributed by atoms with van der Waals surface area (Å²) in [6.07, 6.45) is 4.34. The monoisotopic (exact) mass is 297 g/mol. The maximum atomic E-state index is 12.3. The van der Waals surface area contributed by atoms with Crippen molar-refractivity contribution in [1.29, 1.82) is 0 Å². The highest BCUT2D eigenvalue weighted by Crippen LogP contribution is 2.43. The molecule has 0 aliphatic heterocycles. The number of carbonyl (C=O) groups is 1. The second kappa shape index (κ2) is 4.76. The summed E-state index contributed by atoms with van der Waals surface area (Å²) in [7, 11) is 0. The van der Waals surface area contributed by atoms with E-state index in [1.807, 2.05) is 0 Å². The highest BCUT2D eigenvalue weighted by molar-refractivity contribution is 5.99. The zero-order valence-corrected chi connectivity index (χ0v) is 12.0. The van der Waals surface area contributed by atoms with Crippen LogP contribution in [0.3, 0.4) is 0 Å². The van der Waals surface area contributed by atoms with E-state index in [-0.39, 0.29) is 11.5 Å². The molecule has 1 aromatic heterocycles. The summed E-state index contributed by atoms with van der Waals surface area (Å²) in [5, 5.41) is 15.6. The molecular formula is C16H15N3O3. The summed E-state index contributed by atoms with van der Waals surface area (Å²) < 4.78 is 1.74. The zero-order chi connectivity index (χ0) is 15.3.